The maximum atomic E-state index is 4.24. The summed E-state index contributed by atoms with van der Waals surface area (Å²) in [4.78, 5) is 0. The van der Waals surface area contributed by atoms with Crippen LogP contribution in [0.15, 0.2) is 0 Å². The van der Waals surface area contributed by atoms with Crippen molar-refractivity contribution < 1.29 is 21.5 Å². The molecular weight excluding hydrogens is 258 g/mol. The first kappa shape index (κ1) is 14.8. The molecule has 0 saturated carbocycles. The van der Waals surface area contributed by atoms with Gasteiger partial charge < -0.3 is 21.5 Å². The summed E-state index contributed by atoms with van der Waals surface area (Å²) < 4.78 is 1.34. The molecule has 1 aliphatic rings. The Hall–Kier alpha value is 0.790. The second-order valence-electron chi connectivity index (χ2n) is 4.64. The largest absolute Gasteiger partial charge is 1.00 e. The van der Waals surface area contributed by atoms with Gasteiger partial charge in [-0.25, -0.2) is 0 Å². The van der Waals surface area contributed by atoms with Crippen LogP contribution in [-0.4, -0.2) is 36.9 Å². The summed E-state index contributed by atoms with van der Waals surface area (Å²) in [6.45, 7) is 4.23. The van der Waals surface area contributed by atoms with Crippen molar-refractivity contribution in [3.05, 3.63) is 0 Å². The van der Waals surface area contributed by atoms with Crippen molar-refractivity contribution in [2.45, 2.75) is 38.5 Å². The Morgan fingerprint density at radius 1 is 1.00 bits per heavy atom. The van der Waals surface area contributed by atoms with Gasteiger partial charge in [0.2, 0.25) is 0 Å². The van der Waals surface area contributed by atoms with Crippen molar-refractivity contribution in [1.29, 1.82) is 0 Å². The summed E-state index contributed by atoms with van der Waals surface area (Å²) in [6.07, 6.45) is 8.42. The summed E-state index contributed by atoms with van der Waals surface area (Å²) in [6, 6.07) is 0. The van der Waals surface area contributed by atoms with E-state index in [4.69, 9.17) is 0 Å². The highest BCUT2D eigenvalue weighted by Crippen LogP contribution is 2.17. The Bertz CT molecular complexity index is 135. The lowest BCUT2D eigenvalue weighted by Gasteiger charge is -2.37. The van der Waals surface area contributed by atoms with Crippen molar-refractivity contribution in [3.63, 3.8) is 0 Å². The molecule has 14 heavy (non-hydrogen) atoms. The van der Waals surface area contributed by atoms with E-state index in [-0.39, 0.29) is 17.0 Å². The first-order chi connectivity index (χ1) is 6.27. The first-order valence-electron chi connectivity index (χ1n) is 5.71. The Kier molecular flexibility index (Phi) is 8.45. The van der Waals surface area contributed by atoms with E-state index in [2.05, 4.69) is 19.7 Å². The lowest BCUT2D eigenvalue weighted by atomic mass is 10.1. The van der Waals surface area contributed by atoms with Gasteiger partial charge in [0.05, 0.1) is 26.7 Å². The minimum atomic E-state index is 0. The van der Waals surface area contributed by atoms with Gasteiger partial charge >= 0.3 is 0 Å². The fourth-order valence-corrected chi connectivity index (χ4v) is 2.50. The van der Waals surface area contributed by atoms with Gasteiger partial charge in [0.25, 0.3) is 0 Å². The lowest BCUT2D eigenvalue weighted by molar-refractivity contribution is -0.914. The van der Waals surface area contributed by atoms with E-state index in [0.29, 0.717) is 0 Å². The molecule has 0 atom stereocenters. The second kappa shape index (κ2) is 8.00. The van der Waals surface area contributed by atoms with Crippen LogP contribution in [0.1, 0.15) is 38.5 Å². The molecule has 0 radical (unpaired) electrons. The minimum absolute atomic E-state index is 0. The van der Waals surface area contributed by atoms with Crippen LogP contribution in [0.3, 0.4) is 0 Å². The standard InChI is InChI=1S/C11H23NS.BrH/c1-12(8-4-2-5-9-12)10-6-3-7-11-13;/h2-11H2,1H3;1H. The number of nitrogens with zero attached hydrogens (tertiary/aromatic N) is 1. The average Bonchev–Trinajstić information content (AvgIpc) is 2.14. The molecule has 0 amide bonds. The van der Waals surface area contributed by atoms with Crippen LogP contribution < -0.4 is 17.0 Å². The number of unbranched alkanes of at least 4 members (excludes halogenated alkanes) is 2. The number of quaternary nitrogens is 1. The molecule has 0 spiro atoms. The van der Waals surface area contributed by atoms with Crippen molar-refractivity contribution >= 4 is 12.6 Å². The molecule has 1 saturated heterocycles. The van der Waals surface area contributed by atoms with Crippen LogP contribution in [0.4, 0.5) is 0 Å². The Labute approximate surface area is 105 Å². The quantitative estimate of drug-likeness (QED) is 0.400. The highest BCUT2D eigenvalue weighted by Gasteiger charge is 2.23. The number of piperidine rings is 1. The van der Waals surface area contributed by atoms with Crippen LogP contribution >= 0.6 is 12.6 Å². The third-order valence-electron chi connectivity index (χ3n) is 3.25. The van der Waals surface area contributed by atoms with Crippen LogP contribution in [-0.2, 0) is 0 Å². The van der Waals surface area contributed by atoms with Crippen LogP contribution in [0, 0.1) is 0 Å². The molecular formula is C11H24BrNS. The second-order valence-corrected chi connectivity index (χ2v) is 5.08. The van der Waals surface area contributed by atoms with E-state index in [1.165, 1.54) is 62.6 Å². The van der Waals surface area contributed by atoms with Crippen LogP contribution in [0.25, 0.3) is 0 Å². The Morgan fingerprint density at radius 2 is 1.64 bits per heavy atom. The third-order valence-corrected chi connectivity index (χ3v) is 3.57. The lowest BCUT2D eigenvalue weighted by Crippen LogP contribution is -3.00. The molecule has 0 aromatic carbocycles. The Balaban J connectivity index is 0.00000169. The van der Waals surface area contributed by atoms with Gasteiger partial charge in [0.15, 0.2) is 0 Å². The molecule has 0 unspecified atom stereocenters. The summed E-state index contributed by atoms with van der Waals surface area (Å²) in [5.74, 6) is 1.06. The zero-order valence-electron chi connectivity index (χ0n) is 9.34. The molecule has 1 aliphatic heterocycles. The maximum absolute atomic E-state index is 4.24. The van der Waals surface area contributed by atoms with Crippen LogP contribution in [0.5, 0.6) is 0 Å². The van der Waals surface area contributed by atoms with Gasteiger partial charge in [-0.05, 0) is 44.3 Å². The van der Waals surface area contributed by atoms with Crippen LogP contribution in [0.2, 0.25) is 0 Å². The number of likely N-dealkylation sites (tertiary alicyclic amines) is 1. The number of thiol groups is 1. The van der Waals surface area contributed by atoms with E-state index in [0.717, 1.165) is 5.75 Å². The summed E-state index contributed by atoms with van der Waals surface area (Å²) >= 11 is 4.24. The molecule has 1 heterocycles. The van der Waals surface area contributed by atoms with Crippen molar-refractivity contribution in [2.24, 2.45) is 0 Å². The highest BCUT2D eigenvalue weighted by atomic mass is 79.9. The molecule has 0 aromatic heterocycles. The van der Waals surface area contributed by atoms with Gasteiger partial charge in [-0.2, -0.15) is 12.6 Å². The van der Waals surface area contributed by atoms with Gasteiger partial charge in [0.1, 0.15) is 0 Å². The fraction of sp³-hybridized carbons (Fsp3) is 1.00. The third kappa shape index (κ3) is 5.62. The highest BCUT2D eigenvalue weighted by molar-refractivity contribution is 7.80. The van der Waals surface area contributed by atoms with Gasteiger partial charge in [-0.15, -0.1) is 0 Å². The number of rotatable bonds is 5. The van der Waals surface area contributed by atoms with Crippen molar-refractivity contribution in [1.82, 2.24) is 0 Å². The van der Waals surface area contributed by atoms with E-state index >= 15 is 0 Å². The summed E-state index contributed by atoms with van der Waals surface area (Å²) in [5.41, 5.74) is 0. The molecule has 1 nitrogen and oxygen atoms in total. The fourth-order valence-electron chi connectivity index (χ4n) is 2.28. The molecule has 0 aromatic rings. The smallest absolute Gasteiger partial charge is 0.0784 e. The van der Waals surface area contributed by atoms with Gasteiger partial charge in [-0.1, -0.05) is 0 Å². The predicted octanol–water partition coefficient (Wildman–Crippen LogP) is -0.279. The molecule has 0 aliphatic carbocycles. The molecule has 3 heteroatoms. The molecule has 0 N–H and O–H groups in total. The van der Waals surface area contributed by atoms with Crippen molar-refractivity contribution in [3.8, 4) is 0 Å². The number of hydrogen-bond donors (Lipinski definition) is 1. The summed E-state index contributed by atoms with van der Waals surface area (Å²) in [5, 5.41) is 0. The average molecular weight is 282 g/mol. The number of hydrogen-bond acceptors (Lipinski definition) is 1. The molecule has 1 fully saturated rings. The van der Waals surface area contributed by atoms with E-state index < -0.39 is 0 Å². The minimum Gasteiger partial charge on any atom is -1.00 e. The first-order valence-corrected chi connectivity index (χ1v) is 6.34. The van der Waals surface area contributed by atoms with E-state index in [1.54, 1.807) is 0 Å². The van der Waals surface area contributed by atoms with Gasteiger partial charge in [-0.3, -0.25) is 0 Å². The molecule has 1 rings (SSSR count). The maximum Gasteiger partial charge on any atom is 0.0784 e. The Morgan fingerprint density at radius 3 is 2.21 bits per heavy atom. The van der Waals surface area contributed by atoms with Gasteiger partial charge in [0, 0.05) is 0 Å². The zero-order chi connectivity index (χ0) is 9.57. The SMILES string of the molecule is C[N+]1(CCCCCS)CCCCC1.[Br-]. The number of halogens is 1. The molecule has 86 valence electrons. The normalized spacial score (nSPS) is 20.1. The summed E-state index contributed by atoms with van der Waals surface area (Å²) in [7, 11) is 2.43. The monoisotopic (exact) mass is 281 g/mol. The topological polar surface area (TPSA) is 0 Å². The van der Waals surface area contributed by atoms with E-state index in [9.17, 15) is 0 Å². The molecule has 0 bridgehead atoms. The van der Waals surface area contributed by atoms with E-state index in [1.807, 2.05) is 0 Å². The predicted molar refractivity (Wildman–Crippen MR) is 62.3 cm³/mol. The van der Waals surface area contributed by atoms with Crippen molar-refractivity contribution in [2.75, 3.05) is 32.4 Å². The zero-order valence-corrected chi connectivity index (χ0v) is 11.8.